The predicted octanol–water partition coefficient (Wildman–Crippen LogP) is 3.09. The summed E-state index contributed by atoms with van der Waals surface area (Å²) in [5, 5.41) is 2.98. The van der Waals surface area contributed by atoms with Crippen LogP contribution in [0.4, 0.5) is 5.69 Å². The summed E-state index contributed by atoms with van der Waals surface area (Å²) in [6.07, 6.45) is 0. The molecule has 1 fully saturated rings. The number of carbonyl (C=O) groups is 1. The number of rotatable bonds is 6. The van der Waals surface area contributed by atoms with Crippen LogP contribution in [0.1, 0.15) is 24.1 Å². The molecule has 1 atom stereocenters. The minimum Gasteiger partial charge on any atom is -0.484 e. The Morgan fingerprint density at radius 2 is 1.92 bits per heavy atom. The number of hydrogen-bond donors (Lipinski definition) is 1. The van der Waals surface area contributed by atoms with Gasteiger partial charge in [0.1, 0.15) is 5.75 Å². The lowest BCUT2D eigenvalue weighted by atomic mass is 10.1. The fourth-order valence-electron chi connectivity index (χ4n) is 3.02. The topological polar surface area (TPSA) is 50.8 Å². The number of amides is 1. The Labute approximate surface area is 154 Å². The quantitative estimate of drug-likeness (QED) is 0.866. The molecule has 1 amide bonds. The first-order valence-corrected chi connectivity index (χ1v) is 9.03. The number of morpholine rings is 1. The van der Waals surface area contributed by atoms with Crippen LogP contribution in [-0.4, -0.2) is 38.8 Å². The maximum Gasteiger partial charge on any atom is 0.258 e. The molecule has 2 aromatic carbocycles. The van der Waals surface area contributed by atoms with Crippen molar-refractivity contribution in [1.29, 1.82) is 0 Å². The first-order chi connectivity index (χ1) is 12.6. The fourth-order valence-corrected chi connectivity index (χ4v) is 3.02. The summed E-state index contributed by atoms with van der Waals surface area (Å²) in [7, 11) is 0. The zero-order valence-corrected chi connectivity index (χ0v) is 15.4. The Morgan fingerprint density at radius 1 is 1.19 bits per heavy atom. The molecular weight excluding hydrogens is 328 g/mol. The van der Waals surface area contributed by atoms with E-state index in [2.05, 4.69) is 34.5 Å². The van der Waals surface area contributed by atoms with E-state index in [9.17, 15) is 4.79 Å². The van der Waals surface area contributed by atoms with Gasteiger partial charge in [0, 0.05) is 18.8 Å². The van der Waals surface area contributed by atoms with Crippen LogP contribution >= 0.6 is 0 Å². The molecule has 0 bridgehead atoms. The van der Waals surface area contributed by atoms with E-state index in [0.717, 1.165) is 37.4 Å². The van der Waals surface area contributed by atoms with Crippen molar-refractivity contribution in [1.82, 2.24) is 5.32 Å². The lowest BCUT2D eigenvalue weighted by Crippen LogP contribution is -2.36. The number of anilines is 1. The second-order valence-corrected chi connectivity index (χ2v) is 6.59. The van der Waals surface area contributed by atoms with Gasteiger partial charge in [0.05, 0.1) is 19.3 Å². The van der Waals surface area contributed by atoms with Crippen LogP contribution in [0.2, 0.25) is 0 Å². The Hall–Kier alpha value is -2.53. The fraction of sp³-hybridized carbons (Fsp3) is 0.381. The van der Waals surface area contributed by atoms with Crippen LogP contribution < -0.4 is 15.0 Å². The van der Waals surface area contributed by atoms with Gasteiger partial charge in [0.25, 0.3) is 5.91 Å². The highest BCUT2D eigenvalue weighted by molar-refractivity contribution is 5.78. The smallest absolute Gasteiger partial charge is 0.258 e. The third-order valence-electron chi connectivity index (χ3n) is 4.51. The number of hydrogen-bond acceptors (Lipinski definition) is 4. The summed E-state index contributed by atoms with van der Waals surface area (Å²) >= 11 is 0. The number of ether oxygens (including phenoxy) is 2. The van der Waals surface area contributed by atoms with Crippen molar-refractivity contribution in [2.24, 2.45) is 0 Å². The minimum absolute atomic E-state index is 0.0135. The summed E-state index contributed by atoms with van der Waals surface area (Å²) in [5.41, 5.74) is 3.38. The molecule has 26 heavy (non-hydrogen) atoms. The van der Waals surface area contributed by atoms with Gasteiger partial charge < -0.3 is 19.7 Å². The Balaban J connectivity index is 1.50. The molecule has 0 aliphatic carbocycles. The SMILES string of the molecule is Cc1cccc(OCC(=O)N[C@H](C)c2ccc(N3CCOCC3)cc2)c1. The van der Waals surface area contributed by atoms with Crippen molar-refractivity contribution in [3.63, 3.8) is 0 Å². The molecule has 3 rings (SSSR count). The van der Waals surface area contributed by atoms with Crippen LogP contribution in [0.3, 0.4) is 0 Å². The highest BCUT2D eigenvalue weighted by atomic mass is 16.5. The van der Waals surface area contributed by atoms with Gasteiger partial charge >= 0.3 is 0 Å². The molecule has 1 N–H and O–H groups in total. The van der Waals surface area contributed by atoms with Crippen LogP contribution in [0, 0.1) is 6.92 Å². The minimum atomic E-state index is -0.128. The number of carbonyl (C=O) groups excluding carboxylic acids is 1. The Bertz CT molecular complexity index is 724. The number of nitrogens with zero attached hydrogens (tertiary/aromatic N) is 1. The summed E-state index contributed by atoms with van der Waals surface area (Å²) in [5.74, 6) is 0.582. The van der Waals surface area contributed by atoms with Gasteiger partial charge in [0.15, 0.2) is 6.61 Å². The molecule has 0 unspecified atom stereocenters. The maximum atomic E-state index is 12.1. The molecule has 5 heteroatoms. The van der Waals surface area contributed by atoms with Gasteiger partial charge in [-0.15, -0.1) is 0 Å². The summed E-state index contributed by atoms with van der Waals surface area (Å²) in [6.45, 7) is 7.37. The second kappa shape index (κ2) is 8.72. The van der Waals surface area contributed by atoms with Crippen molar-refractivity contribution >= 4 is 11.6 Å². The molecule has 5 nitrogen and oxygen atoms in total. The third kappa shape index (κ3) is 4.99. The molecular formula is C21H26N2O3. The van der Waals surface area contributed by atoms with Gasteiger partial charge in [0.2, 0.25) is 0 Å². The molecule has 1 aliphatic rings. The average Bonchev–Trinajstić information content (AvgIpc) is 2.67. The number of nitrogens with one attached hydrogen (secondary N) is 1. The van der Waals surface area contributed by atoms with Crippen LogP contribution in [-0.2, 0) is 9.53 Å². The molecule has 0 saturated carbocycles. The van der Waals surface area contributed by atoms with Crippen LogP contribution in [0.15, 0.2) is 48.5 Å². The van der Waals surface area contributed by atoms with Gasteiger partial charge in [-0.3, -0.25) is 4.79 Å². The molecule has 138 valence electrons. The highest BCUT2D eigenvalue weighted by Crippen LogP contribution is 2.20. The normalized spacial score (nSPS) is 15.4. The van der Waals surface area contributed by atoms with E-state index < -0.39 is 0 Å². The van der Waals surface area contributed by atoms with Crippen LogP contribution in [0.25, 0.3) is 0 Å². The van der Waals surface area contributed by atoms with Crippen molar-refractivity contribution in [2.45, 2.75) is 19.9 Å². The molecule has 0 aromatic heterocycles. The monoisotopic (exact) mass is 354 g/mol. The van der Waals surface area contributed by atoms with Gasteiger partial charge in [-0.05, 0) is 49.2 Å². The van der Waals surface area contributed by atoms with E-state index >= 15 is 0 Å². The van der Waals surface area contributed by atoms with E-state index in [-0.39, 0.29) is 18.6 Å². The van der Waals surface area contributed by atoms with Crippen molar-refractivity contribution in [2.75, 3.05) is 37.8 Å². The van der Waals surface area contributed by atoms with Gasteiger partial charge in [-0.25, -0.2) is 0 Å². The third-order valence-corrected chi connectivity index (χ3v) is 4.51. The maximum absolute atomic E-state index is 12.1. The average molecular weight is 354 g/mol. The first-order valence-electron chi connectivity index (χ1n) is 9.03. The van der Waals surface area contributed by atoms with E-state index in [1.165, 1.54) is 5.69 Å². The molecule has 0 spiro atoms. The molecule has 1 heterocycles. The number of aryl methyl sites for hydroxylation is 1. The zero-order valence-electron chi connectivity index (χ0n) is 15.4. The van der Waals surface area contributed by atoms with E-state index in [1.54, 1.807) is 0 Å². The summed E-state index contributed by atoms with van der Waals surface area (Å²) in [6, 6.07) is 16.0. The van der Waals surface area contributed by atoms with Crippen molar-refractivity contribution < 1.29 is 14.3 Å². The Morgan fingerprint density at radius 3 is 2.62 bits per heavy atom. The summed E-state index contributed by atoms with van der Waals surface area (Å²) < 4.78 is 10.9. The molecule has 2 aromatic rings. The molecule has 0 radical (unpaired) electrons. The zero-order chi connectivity index (χ0) is 18.4. The molecule has 1 aliphatic heterocycles. The first kappa shape index (κ1) is 18.3. The van der Waals surface area contributed by atoms with Crippen molar-refractivity contribution in [3.8, 4) is 5.75 Å². The van der Waals surface area contributed by atoms with Crippen molar-refractivity contribution in [3.05, 3.63) is 59.7 Å². The Kier molecular flexibility index (Phi) is 6.12. The van der Waals surface area contributed by atoms with E-state index in [4.69, 9.17) is 9.47 Å². The van der Waals surface area contributed by atoms with E-state index in [1.807, 2.05) is 38.1 Å². The molecule has 1 saturated heterocycles. The summed E-state index contributed by atoms with van der Waals surface area (Å²) in [4.78, 5) is 14.5. The lowest BCUT2D eigenvalue weighted by molar-refractivity contribution is -0.123. The van der Waals surface area contributed by atoms with Gasteiger partial charge in [-0.1, -0.05) is 24.3 Å². The van der Waals surface area contributed by atoms with Gasteiger partial charge in [-0.2, -0.15) is 0 Å². The number of benzene rings is 2. The van der Waals surface area contributed by atoms with Crippen LogP contribution in [0.5, 0.6) is 5.75 Å². The standard InChI is InChI=1S/C21H26N2O3/c1-16-4-3-5-20(14-16)26-15-21(24)22-17(2)18-6-8-19(9-7-18)23-10-12-25-13-11-23/h3-9,14,17H,10-13,15H2,1-2H3,(H,22,24)/t17-/m1/s1. The second-order valence-electron chi connectivity index (χ2n) is 6.59. The largest absolute Gasteiger partial charge is 0.484 e. The van der Waals surface area contributed by atoms with E-state index in [0.29, 0.717) is 5.75 Å². The highest BCUT2D eigenvalue weighted by Gasteiger charge is 2.13. The lowest BCUT2D eigenvalue weighted by Gasteiger charge is -2.29. The predicted molar refractivity (Wildman–Crippen MR) is 103 cm³/mol.